The first kappa shape index (κ1) is 22.0. The Labute approximate surface area is 197 Å². The molecule has 1 aromatic heterocycles. The summed E-state index contributed by atoms with van der Waals surface area (Å²) in [5.41, 5.74) is 0.943. The molecule has 3 fully saturated rings. The standard InChI is InChI=1S/C21H21N5O5S2/c27-14(10-33-21-22-5-1-6-23-21)24-15-18(29)26-16(20(30)31)12(9-32-19(15)26)8-11-4-7-25(17(11)28)13-2-3-13/h1,5-6,8,13,15,19H,2-4,7,9-10H2,(H,24,27)(H,30,31)/t15-,19-/m1/s1. The lowest BCUT2D eigenvalue weighted by molar-refractivity contribution is -0.150. The topological polar surface area (TPSA) is 133 Å². The number of allylic oxidation sites excluding steroid dienone is 1. The van der Waals surface area contributed by atoms with Gasteiger partial charge in [-0.05, 0) is 37.0 Å². The Morgan fingerprint density at radius 2 is 2.03 bits per heavy atom. The summed E-state index contributed by atoms with van der Waals surface area (Å²) in [5, 5.41) is 12.5. The first-order valence-electron chi connectivity index (χ1n) is 10.6. The van der Waals surface area contributed by atoms with E-state index in [1.165, 1.54) is 16.7 Å². The highest BCUT2D eigenvalue weighted by atomic mass is 32.2. The minimum absolute atomic E-state index is 0.0400. The summed E-state index contributed by atoms with van der Waals surface area (Å²) in [6, 6.07) is 1.20. The number of hydrogen-bond donors (Lipinski definition) is 2. The Morgan fingerprint density at radius 1 is 1.27 bits per heavy atom. The van der Waals surface area contributed by atoms with Crippen molar-refractivity contribution in [3.63, 3.8) is 0 Å². The molecule has 4 aliphatic rings. The van der Waals surface area contributed by atoms with E-state index >= 15 is 0 Å². The maximum absolute atomic E-state index is 12.8. The van der Waals surface area contributed by atoms with Crippen molar-refractivity contribution in [3.05, 3.63) is 41.4 Å². The molecule has 0 spiro atoms. The normalized spacial score (nSPS) is 25.9. The lowest BCUT2D eigenvalue weighted by Gasteiger charge is -2.49. The summed E-state index contributed by atoms with van der Waals surface area (Å²) >= 11 is 2.54. The molecule has 0 aromatic carbocycles. The number of rotatable bonds is 7. The van der Waals surface area contributed by atoms with Crippen molar-refractivity contribution < 1.29 is 24.3 Å². The molecule has 10 nitrogen and oxygen atoms in total. The van der Waals surface area contributed by atoms with E-state index in [9.17, 15) is 24.3 Å². The van der Waals surface area contributed by atoms with Crippen molar-refractivity contribution in [2.75, 3.05) is 18.1 Å². The van der Waals surface area contributed by atoms with Gasteiger partial charge in [-0.1, -0.05) is 11.8 Å². The first-order valence-corrected chi connectivity index (χ1v) is 12.6. The quantitative estimate of drug-likeness (QED) is 0.246. The van der Waals surface area contributed by atoms with Gasteiger partial charge < -0.3 is 15.3 Å². The molecule has 1 aromatic rings. The number of nitrogens with one attached hydrogen (secondary N) is 1. The molecule has 33 heavy (non-hydrogen) atoms. The number of aliphatic carboxylic acids is 1. The number of amides is 3. The number of likely N-dealkylation sites (tertiary alicyclic amines) is 1. The molecule has 2 saturated heterocycles. The number of β-lactam (4-membered cyclic amide) rings is 1. The highest BCUT2D eigenvalue weighted by Crippen LogP contribution is 2.41. The van der Waals surface area contributed by atoms with Crippen LogP contribution in [0.4, 0.5) is 0 Å². The number of aromatic nitrogens is 2. The van der Waals surface area contributed by atoms with Gasteiger partial charge in [0, 0.05) is 36.3 Å². The predicted molar refractivity (Wildman–Crippen MR) is 120 cm³/mol. The summed E-state index contributed by atoms with van der Waals surface area (Å²) in [5.74, 6) is -1.68. The van der Waals surface area contributed by atoms with Gasteiger partial charge in [0.15, 0.2) is 5.16 Å². The van der Waals surface area contributed by atoms with Crippen LogP contribution < -0.4 is 5.32 Å². The highest BCUT2D eigenvalue weighted by Gasteiger charge is 2.54. The summed E-state index contributed by atoms with van der Waals surface area (Å²) < 4.78 is 0. The summed E-state index contributed by atoms with van der Waals surface area (Å²) in [7, 11) is 0. The number of carboxylic acids is 1. The van der Waals surface area contributed by atoms with Crippen molar-refractivity contribution in [3.8, 4) is 0 Å². The summed E-state index contributed by atoms with van der Waals surface area (Å²) in [6.07, 6.45) is 7.42. The Hall–Kier alpha value is -2.86. The maximum atomic E-state index is 12.8. The molecule has 5 rings (SSSR count). The van der Waals surface area contributed by atoms with Crippen LogP contribution in [0.3, 0.4) is 0 Å². The zero-order chi connectivity index (χ0) is 23.1. The second kappa shape index (κ2) is 8.82. The van der Waals surface area contributed by atoms with Gasteiger partial charge in [0.25, 0.3) is 5.91 Å². The maximum Gasteiger partial charge on any atom is 0.352 e. The number of fused-ring (bicyclic) bond motifs is 1. The largest absolute Gasteiger partial charge is 0.477 e. The van der Waals surface area contributed by atoms with Crippen LogP contribution >= 0.6 is 23.5 Å². The van der Waals surface area contributed by atoms with Gasteiger partial charge in [0.05, 0.1) is 5.75 Å². The monoisotopic (exact) mass is 487 g/mol. The molecule has 0 unspecified atom stereocenters. The third-order valence-electron chi connectivity index (χ3n) is 5.89. The number of thioether (sulfide) groups is 2. The number of hydrogen-bond acceptors (Lipinski definition) is 8. The average Bonchev–Trinajstić information content (AvgIpc) is 3.59. The molecule has 3 amide bonds. The van der Waals surface area contributed by atoms with Crippen molar-refractivity contribution in [2.45, 2.75) is 41.9 Å². The van der Waals surface area contributed by atoms with E-state index in [1.54, 1.807) is 24.5 Å². The molecule has 0 bridgehead atoms. The number of carboxylic acid groups (broad SMARTS) is 1. The van der Waals surface area contributed by atoms with Crippen molar-refractivity contribution in [1.82, 2.24) is 25.1 Å². The van der Waals surface area contributed by atoms with Gasteiger partial charge in [0.1, 0.15) is 17.1 Å². The van der Waals surface area contributed by atoms with Crippen molar-refractivity contribution in [1.29, 1.82) is 0 Å². The minimum Gasteiger partial charge on any atom is -0.477 e. The second-order valence-electron chi connectivity index (χ2n) is 8.10. The van der Waals surface area contributed by atoms with E-state index in [4.69, 9.17) is 0 Å². The van der Waals surface area contributed by atoms with Crippen LogP contribution in [-0.4, -0.2) is 84.1 Å². The minimum atomic E-state index is -1.22. The van der Waals surface area contributed by atoms with Crippen LogP contribution in [0.2, 0.25) is 0 Å². The molecule has 1 aliphatic carbocycles. The molecular formula is C21H21N5O5S2. The van der Waals surface area contributed by atoms with E-state index < -0.39 is 23.3 Å². The molecular weight excluding hydrogens is 466 g/mol. The van der Waals surface area contributed by atoms with Gasteiger partial charge in [0.2, 0.25) is 11.8 Å². The third kappa shape index (κ3) is 4.24. The van der Waals surface area contributed by atoms with Gasteiger partial charge in [-0.2, -0.15) is 0 Å². The van der Waals surface area contributed by atoms with Gasteiger partial charge in [-0.15, -0.1) is 11.8 Å². The van der Waals surface area contributed by atoms with Crippen LogP contribution in [0.1, 0.15) is 19.3 Å². The third-order valence-corrected chi connectivity index (χ3v) is 8.06. The molecule has 4 heterocycles. The van der Waals surface area contributed by atoms with Crippen LogP contribution in [0.5, 0.6) is 0 Å². The fourth-order valence-corrected chi connectivity index (χ4v) is 6.09. The van der Waals surface area contributed by atoms with Crippen LogP contribution in [0.15, 0.2) is 46.5 Å². The van der Waals surface area contributed by atoms with Gasteiger partial charge >= 0.3 is 5.97 Å². The van der Waals surface area contributed by atoms with E-state index in [-0.39, 0.29) is 23.3 Å². The van der Waals surface area contributed by atoms with Crippen molar-refractivity contribution in [2.24, 2.45) is 0 Å². The van der Waals surface area contributed by atoms with E-state index in [0.29, 0.717) is 41.1 Å². The molecule has 3 aliphatic heterocycles. The Balaban J connectivity index is 1.27. The smallest absolute Gasteiger partial charge is 0.352 e. The predicted octanol–water partition coefficient (Wildman–Crippen LogP) is 0.628. The molecule has 1 saturated carbocycles. The van der Waals surface area contributed by atoms with Gasteiger partial charge in [-0.3, -0.25) is 19.3 Å². The Kier molecular flexibility index (Phi) is 5.87. The van der Waals surface area contributed by atoms with Crippen LogP contribution in [0.25, 0.3) is 0 Å². The number of carbonyl (C=O) groups is 4. The van der Waals surface area contributed by atoms with Gasteiger partial charge in [-0.25, -0.2) is 14.8 Å². The van der Waals surface area contributed by atoms with Crippen LogP contribution in [-0.2, 0) is 19.2 Å². The zero-order valence-corrected chi connectivity index (χ0v) is 19.1. The molecule has 172 valence electrons. The number of carbonyl (C=O) groups excluding carboxylic acids is 3. The summed E-state index contributed by atoms with van der Waals surface area (Å²) in [6.45, 7) is 0.656. The van der Waals surface area contributed by atoms with E-state index in [0.717, 1.165) is 24.6 Å². The molecule has 2 N–H and O–H groups in total. The van der Waals surface area contributed by atoms with Crippen LogP contribution in [0, 0.1) is 0 Å². The van der Waals surface area contributed by atoms with Crippen molar-refractivity contribution >= 4 is 47.2 Å². The van der Waals surface area contributed by atoms with E-state index in [1.807, 2.05) is 4.90 Å². The zero-order valence-electron chi connectivity index (χ0n) is 17.5. The Morgan fingerprint density at radius 3 is 2.73 bits per heavy atom. The summed E-state index contributed by atoms with van der Waals surface area (Å²) in [4.78, 5) is 60.9. The molecule has 12 heteroatoms. The van der Waals surface area contributed by atoms with E-state index in [2.05, 4.69) is 15.3 Å². The fraction of sp³-hybridized carbons (Fsp3) is 0.429. The second-order valence-corrected chi connectivity index (χ2v) is 10.2. The fourth-order valence-electron chi connectivity index (χ4n) is 4.17. The number of nitrogens with zero attached hydrogens (tertiary/aromatic N) is 4. The molecule has 0 radical (unpaired) electrons. The first-order chi connectivity index (χ1) is 15.9. The molecule has 2 atom stereocenters. The average molecular weight is 488 g/mol. The Bertz CT molecular complexity index is 1090. The lowest BCUT2D eigenvalue weighted by atomic mass is 10.0. The lowest BCUT2D eigenvalue weighted by Crippen LogP contribution is -2.70. The SMILES string of the molecule is O=C(CSc1ncccn1)N[C@@H]1C(=O)N2C(C(=O)O)=C(C=C3CCN(C4CC4)C3=O)CS[C@H]12. The highest BCUT2D eigenvalue weighted by molar-refractivity contribution is 8.00.